The van der Waals surface area contributed by atoms with Crippen molar-refractivity contribution in [2.75, 3.05) is 5.73 Å². The third kappa shape index (κ3) is 2.97. The van der Waals surface area contributed by atoms with Crippen molar-refractivity contribution in [2.24, 2.45) is 0 Å². The van der Waals surface area contributed by atoms with Crippen molar-refractivity contribution >= 4 is 5.82 Å². The molecule has 0 saturated heterocycles. The van der Waals surface area contributed by atoms with Crippen LogP contribution in [-0.4, -0.2) is 9.55 Å². The molecular weight excluding hydrogens is 258 g/mol. The lowest BCUT2D eigenvalue weighted by Crippen LogP contribution is -2.07. The number of anilines is 1. The number of aromatic nitrogens is 2. The average molecular weight is 285 g/mol. The molecular formula is C18H27N3. The summed E-state index contributed by atoms with van der Waals surface area (Å²) in [5, 5.41) is 0. The number of hydrogen-bond donors (Lipinski definition) is 1. The smallest absolute Gasteiger partial charge is 0.131 e. The zero-order chi connectivity index (χ0) is 15.6. The molecule has 21 heavy (non-hydrogen) atoms. The van der Waals surface area contributed by atoms with Gasteiger partial charge in [-0.2, -0.15) is 0 Å². The maximum atomic E-state index is 6.43. The van der Waals surface area contributed by atoms with Crippen LogP contribution in [0.15, 0.2) is 12.1 Å². The first-order chi connectivity index (χ1) is 9.99. The molecule has 3 heteroatoms. The van der Waals surface area contributed by atoms with Crippen LogP contribution in [0.2, 0.25) is 0 Å². The van der Waals surface area contributed by atoms with E-state index >= 15 is 0 Å². The van der Waals surface area contributed by atoms with Gasteiger partial charge in [-0.1, -0.05) is 31.5 Å². The lowest BCUT2D eigenvalue weighted by Gasteiger charge is -2.11. The predicted molar refractivity (Wildman–Crippen MR) is 90.6 cm³/mol. The maximum absolute atomic E-state index is 6.43. The Bertz CT molecular complexity index is 615. The van der Waals surface area contributed by atoms with Crippen molar-refractivity contribution in [1.29, 1.82) is 0 Å². The second-order valence-corrected chi connectivity index (χ2v) is 5.94. The van der Waals surface area contributed by atoms with Crippen LogP contribution in [0.4, 0.5) is 5.82 Å². The molecule has 0 amide bonds. The zero-order valence-electron chi connectivity index (χ0n) is 14.0. The summed E-state index contributed by atoms with van der Waals surface area (Å²) in [5.74, 6) is 1.93. The molecule has 0 unspecified atom stereocenters. The molecule has 1 aromatic heterocycles. The molecule has 0 bridgehead atoms. The highest BCUT2D eigenvalue weighted by atomic mass is 15.1. The first kappa shape index (κ1) is 15.6. The summed E-state index contributed by atoms with van der Waals surface area (Å²) < 4.78 is 2.19. The third-order valence-electron chi connectivity index (χ3n) is 3.92. The fourth-order valence-electron chi connectivity index (χ4n) is 3.14. The van der Waals surface area contributed by atoms with Gasteiger partial charge in [0.1, 0.15) is 17.3 Å². The number of nitrogens with two attached hydrogens (primary N) is 1. The topological polar surface area (TPSA) is 43.8 Å². The highest BCUT2D eigenvalue weighted by molar-refractivity contribution is 5.76. The average Bonchev–Trinajstić information content (AvgIpc) is 2.68. The van der Waals surface area contributed by atoms with Gasteiger partial charge in [0.05, 0.1) is 0 Å². The van der Waals surface area contributed by atoms with Gasteiger partial charge in [0.15, 0.2) is 0 Å². The molecule has 114 valence electrons. The number of hydrogen-bond acceptors (Lipinski definition) is 2. The van der Waals surface area contributed by atoms with Crippen LogP contribution in [-0.2, 0) is 13.0 Å². The molecule has 0 aliphatic heterocycles. The molecule has 2 rings (SSSR count). The Morgan fingerprint density at radius 1 is 1.05 bits per heavy atom. The molecule has 0 saturated carbocycles. The van der Waals surface area contributed by atoms with Crippen LogP contribution < -0.4 is 5.73 Å². The first-order valence-corrected chi connectivity index (χ1v) is 7.92. The highest BCUT2D eigenvalue weighted by Crippen LogP contribution is 2.33. The minimum Gasteiger partial charge on any atom is -0.383 e. The summed E-state index contributed by atoms with van der Waals surface area (Å²) in [7, 11) is 0. The molecule has 1 aromatic carbocycles. The molecule has 3 nitrogen and oxygen atoms in total. The van der Waals surface area contributed by atoms with Crippen molar-refractivity contribution in [2.45, 2.75) is 60.4 Å². The van der Waals surface area contributed by atoms with Crippen LogP contribution >= 0.6 is 0 Å². The molecule has 0 aliphatic rings. The number of imidazole rings is 1. The summed E-state index contributed by atoms with van der Waals surface area (Å²) >= 11 is 0. The summed E-state index contributed by atoms with van der Waals surface area (Å²) in [6, 6.07) is 4.42. The fourth-order valence-corrected chi connectivity index (χ4v) is 3.14. The van der Waals surface area contributed by atoms with Gasteiger partial charge in [0, 0.05) is 18.5 Å². The van der Waals surface area contributed by atoms with Crippen LogP contribution in [0.25, 0.3) is 11.3 Å². The molecule has 1 heterocycles. The van der Waals surface area contributed by atoms with Gasteiger partial charge in [-0.05, 0) is 44.7 Å². The first-order valence-electron chi connectivity index (χ1n) is 7.92. The Morgan fingerprint density at radius 3 is 2.19 bits per heavy atom. The number of nitrogen functional groups attached to an aromatic ring is 1. The van der Waals surface area contributed by atoms with Crippen molar-refractivity contribution in [1.82, 2.24) is 9.55 Å². The monoisotopic (exact) mass is 285 g/mol. The SMILES string of the molecule is CCCc1nc(-c2c(C)cc(C)cc2C)c(N)n1CCC. The summed E-state index contributed by atoms with van der Waals surface area (Å²) in [6.45, 7) is 11.7. The van der Waals surface area contributed by atoms with Crippen LogP contribution in [0.1, 0.15) is 49.2 Å². The van der Waals surface area contributed by atoms with E-state index in [2.05, 4.69) is 51.3 Å². The summed E-state index contributed by atoms with van der Waals surface area (Å²) in [5.41, 5.74) is 12.4. The second kappa shape index (κ2) is 6.33. The number of benzene rings is 1. The van der Waals surface area contributed by atoms with Crippen LogP contribution in [0, 0.1) is 20.8 Å². The van der Waals surface area contributed by atoms with E-state index in [9.17, 15) is 0 Å². The van der Waals surface area contributed by atoms with Crippen molar-refractivity contribution in [3.63, 3.8) is 0 Å². The Morgan fingerprint density at radius 2 is 1.67 bits per heavy atom. The van der Waals surface area contributed by atoms with E-state index < -0.39 is 0 Å². The molecule has 0 atom stereocenters. The highest BCUT2D eigenvalue weighted by Gasteiger charge is 2.18. The molecule has 0 aliphatic carbocycles. The minimum atomic E-state index is 0.815. The maximum Gasteiger partial charge on any atom is 0.131 e. The molecule has 0 fully saturated rings. The van der Waals surface area contributed by atoms with E-state index in [1.165, 1.54) is 22.3 Å². The quantitative estimate of drug-likeness (QED) is 0.883. The lowest BCUT2D eigenvalue weighted by molar-refractivity contribution is 0.637. The van der Waals surface area contributed by atoms with Gasteiger partial charge in [0.25, 0.3) is 0 Å². The zero-order valence-corrected chi connectivity index (χ0v) is 14.0. The van der Waals surface area contributed by atoms with Crippen molar-refractivity contribution < 1.29 is 0 Å². The third-order valence-corrected chi connectivity index (χ3v) is 3.92. The van der Waals surface area contributed by atoms with Gasteiger partial charge in [-0.3, -0.25) is 0 Å². The molecule has 0 spiro atoms. The van der Waals surface area contributed by atoms with Crippen LogP contribution in [0.5, 0.6) is 0 Å². The Kier molecular flexibility index (Phi) is 4.71. The summed E-state index contributed by atoms with van der Waals surface area (Å²) in [6.07, 6.45) is 3.14. The van der Waals surface area contributed by atoms with E-state index in [0.29, 0.717) is 0 Å². The Labute approximate surface area is 128 Å². The number of aryl methyl sites for hydroxylation is 4. The van der Waals surface area contributed by atoms with E-state index in [1.54, 1.807) is 0 Å². The van der Waals surface area contributed by atoms with Gasteiger partial charge >= 0.3 is 0 Å². The van der Waals surface area contributed by atoms with Gasteiger partial charge in [0.2, 0.25) is 0 Å². The largest absolute Gasteiger partial charge is 0.383 e. The molecule has 2 N–H and O–H groups in total. The molecule has 0 radical (unpaired) electrons. The minimum absolute atomic E-state index is 0.815. The fraction of sp³-hybridized carbons (Fsp3) is 0.500. The van der Waals surface area contributed by atoms with Gasteiger partial charge < -0.3 is 10.3 Å². The normalized spacial score (nSPS) is 11.1. The predicted octanol–water partition coefficient (Wildman–Crippen LogP) is 4.42. The second-order valence-electron chi connectivity index (χ2n) is 5.94. The number of rotatable bonds is 5. The van der Waals surface area contributed by atoms with Crippen molar-refractivity contribution in [3.8, 4) is 11.3 Å². The van der Waals surface area contributed by atoms with E-state index in [4.69, 9.17) is 10.7 Å². The van der Waals surface area contributed by atoms with E-state index in [-0.39, 0.29) is 0 Å². The van der Waals surface area contributed by atoms with E-state index in [0.717, 1.165) is 43.1 Å². The van der Waals surface area contributed by atoms with Gasteiger partial charge in [-0.25, -0.2) is 4.98 Å². The standard InChI is InChI=1S/C18H27N3/c1-6-8-15-20-17(18(19)21(15)9-7-2)16-13(4)10-12(3)11-14(16)5/h10-11H,6-9,19H2,1-5H3. The lowest BCUT2D eigenvalue weighted by atomic mass is 9.97. The Balaban J connectivity index is 2.62. The van der Waals surface area contributed by atoms with Crippen molar-refractivity contribution in [3.05, 3.63) is 34.6 Å². The Hall–Kier alpha value is -1.77. The van der Waals surface area contributed by atoms with E-state index in [1.807, 2.05) is 0 Å². The van der Waals surface area contributed by atoms with Gasteiger partial charge in [-0.15, -0.1) is 0 Å². The summed E-state index contributed by atoms with van der Waals surface area (Å²) in [4.78, 5) is 4.88. The van der Waals surface area contributed by atoms with Crippen LogP contribution in [0.3, 0.4) is 0 Å². The number of nitrogens with zero attached hydrogens (tertiary/aromatic N) is 2. The molecule has 2 aromatic rings.